The molecule has 1 amide bonds. The minimum atomic E-state index is -0.772. The molecule has 1 aromatic carbocycles. The molecular weight excluding hydrogens is 348 g/mol. The molecule has 3 heterocycles. The van der Waals surface area contributed by atoms with Crippen LogP contribution in [0.2, 0.25) is 0 Å². The van der Waals surface area contributed by atoms with Crippen LogP contribution in [-0.2, 0) is 0 Å². The van der Waals surface area contributed by atoms with Gasteiger partial charge in [0.2, 0.25) is 5.82 Å². The van der Waals surface area contributed by atoms with Crippen LogP contribution in [0.25, 0.3) is 11.4 Å². The Morgan fingerprint density at radius 1 is 1.26 bits per heavy atom. The summed E-state index contributed by atoms with van der Waals surface area (Å²) >= 11 is 0. The predicted octanol–water partition coefficient (Wildman–Crippen LogP) is 0.896. The Hall–Kier alpha value is -3.33. The van der Waals surface area contributed by atoms with Crippen LogP contribution >= 0.6 is 0 Å². The van der Waals surface area contributed by atoms with Crippen molar-refractivity contribution in [1.82, 2.24) is 25.4 Å². The van der Waals surface area contributed by atoms with Gasteiger partial charge < -0.3 is 19.8 Å². The van der Waals surface area contributed by atoms with Crippen molar-refractivity contribution in [3.63, 3.8) is 0 Å². The van der Waals surface area contributed by atoms with Crippen molar-refractivity contribution in [3.05, 3.63) is 54.6 Å². The van der Waals surface area contributed by atoms with Gasteiger partial charge in [-0.1, -0.05) is 35.5 Å². The number of nitrogens with zero attached hydrogens (tertiary/aromatic N) is 5. The smallest absolute Gasteiger partial charge is 0.324 e. The standard InChI is InChI=1S/C18H18N6O3/c25-15-11-24(18-22-16(23-27-18)12-4-2-1-3-5-12)9-6-13(15)21-17(26)14-10-19-7-8-20-14/h1-5,7-8,10,13,15,25H,6,9,11H2,(H,21,26)/t13-,15-/m1/s1. The van der Waals surface area contributed by atoms with Crippen molar-refractivity contribution in [2.75, 3.05) is 18.0 Å². The van der Waals surface area contributed by atoms with Crippen molar-refractivity contribution >= 4 is 11.9 Å². The van der Waals surface area contributed by atoms with Gasteiger partial charge in [-0.3, -0.25) is 9.78 Å². The summed E-state index contributed by atoms with van der Waals surface area (Å²) in [6.07, 6.45) is 4.11. The number of nitrogens with one attached hydrogen (secondary N) is 1. The molecule has 9 nitrogen and oxygen atoms in total. The number of carbonyl (C=O) groups is 1. The van der Waals surface area contributed by atoms with Crippen LogP contribution < -0.4 is 10.2 Å². The van der Waals surface area contributed by atoms with Gasteiger partial charge in [0, 0.05) is 24.5 Å². The molecule has 2 N–H and O–H groups in total. The van der Waals surface area contributed by atoms with E-state index in [-0.39, 0.29) is 24.2 Å². The number of amides is 1. The summed E-state index contributed by atoms with van der Waals surface area (Å²) in [5.74, 6) is 0.142. The lowest BCUT2D eigenvalue weighted by molar-refractivity contribution is 0.0788. The lowest BCUT2D eigenvalue weighted by atomic mass is 10.0. The zero-order valence-electron chi connectivity index (χ0n) is 14.4. The molecule has 0 aliphatic carbocycles. The molecule has 2 atom stereocenters. The second kappa shape index (κ2) is 7.50. The van der Waals surface area contributed by atoms with Crippen molar-refractivity contribution in [3.8, 4) is 11.4 Å². The number of piperidine rings is 1. The van der Waals surface area contributed by atoms with E-state index in [2.05, 4.69) is 25.4 Å². The van der Waals surface area contributed by atoms with Gasteiger partial charge in [-0.15, -0.1) is 0 Å². The number of aliphatic hydroxyl groups is 1. The van der Waals surface area contributed by atoms with E-state index in [0.717, 1.165) is 5.56 Å². The molecule has 0 saturated carbocycles. The maximum Gasteiger partial charge on any atom is 0.324 e. The summed E-state index contributed by atoms with van der Waals surface area (Å²) in [6, 6.07) is 9.50. The SMILES string of the molecule is O=C(N[C@@H]1CCN(c2nc(-c3ccccc3)no2)C[C@H]1O)c1cnccn1. The third kappa shape index (κ3) is 3.77. The second-order valence-electron chi connectivity index (χ2n) is 6.24. The maximum absolute atomic E-state index is 12.2. The molecule has 0 bridgehead atoms. The summed E-state index contributed by atoms with van der Waals surface area (Å²) in [7, 11) is 0. The van der Waals surface area contributed by atoms with Gasteiger partial charge in [-0.05, 0) is 6.42 Å². The van der Waals surface area contributed by atoms with Crippen molar-refractivity contribution in [1.29, 1.82) is 0 Å². The molecule has 138 valence electrons. The topological polar surface area (TPSA) is 117 Å². The summed E-state index contributed by atoms with van der Waals surface area (Å²) in [5.41, 5.74) is 1.08. The molecule has 4 rings (SSSR count). The lowest BCUT2D eigenvalue weighted by Crippen LogP contribution is -2.54. The number of β-amino-alcohol motifs (C(OH)–C–C–N with tert-alkyl or cyclic N) is 1. The van der Waals surface area contributed by atoms with Crippen LogP contribution in [0.1, 0.15) is 16.9 Å². The number of rotatable bonds is 4. The van der Waals surface area contributed by atoms with Gasteiger partial charge in [-0.25, -0.2) is 4.98 Å². The average Bonchev–Trinajstić information content (AvgIpc) is 3.21. The summed E-state index contributed by atoms with van der Waals surface area (Å²) in [5, 5.41) is 17.2. The monoisotopic (exact) mass is 366 g/mol. The highest BCUT2D eigenvalue weighted by Crippen LogP contribution is 2.22. The van der Waals surface area contributed by atoms with Gasteiger partial charge >= 0.3 is 6.01 Å². The van der Waals surface area contributed by atoms with Crippen LogP contribution in [0, 0.1) is 0 Å². The van der Waals surface area contributed by atoms with Gasteiger partial charge in [0.25, 0.3) is 5.91 Å². The minimum absolute atomic E-state index is 0.219. The number of benzene rings is 1. The first-order valence-corrected chi connectivity index (χ1v) is 8.60. The molecule has 27 heavy (non-hydrogen) atoms. The molecule has 3 aromatic rings. The Morgan fingerprint density at radius 2 is 2.11 bits per heavy atom. The van der Waals surface area contributed by atoms with Gasteiger partial charge in [0.05, 0.1) is 24.9 Å². The Morgan fingerprint density at radius 3 is 2.85 bits per heavy atom. The maximum atomic E-state index is 12.2. The quantitative estimate of drug-likeness (QED) is 0.699. The van der Waals surface area contributed by atoms with Crippen LogP contribution in [-0.4, -0.2) is 56.4 Å². The Kier molecular flexibility index (Phi) is 4.75. The van der Waals surface area contributed by atoms with Crippen LogP contribution in [0.5, 0.6) is 0 Å². The molecule has 0 radical (unpaired) electrons. The van der Waals surface area contributed by atoms with Crippen molar-refractivity contribution in [2.24, 2.45) is 0 Å². The van der Waals surface area contributed by atoms with Crippen molar-refractivity contribution < 1.29 is 14.4 Å². The van der Waals surface area contributed by atoms with E-state index < -0.39 is 6.10 Å². The molecule has 0 unspecified atom stereocenters. The molecule has 0 spiro atoms. The Balaban J connectivity index is 1.39. The third-order valence-electron chi connectivity index (χ3n) is 4.41. The molecule has 1 aliphatic heterocycles. The lowest BCUT2D eigenvalue weighted by Gasteiger charge is -2.34. The van der Waals surface area contributed by atoms with E-state index >= 15 is 0 Å². The van der Waals surface area contributed by atoms with Crippen LogP contribution in [0.4, 0.5) is 6.01 Å². The average molecular weight is 366 g/mol. The highest BCUT2D eigenvalue weighted by atomic mass is 16.5. The first kappa shape index (κ1) is 17.1. The predicted molar refractivity (Wildman–Crippen MR) is 95.9 cm³/mol. The van der Waals surface area contributed by atoms with Gasteiger partial charge in [0.1, 0.15) is 5.69 Å². The summed E-state index contributed by atoms with van der Waals surface area (Å²) in [6.45, 7) is 0.848. The van der Waals surface area contributed by atoms with Crippen LogP contribution in [0.15, 0.2) is 53.4 Å². The molecule has 1 aliphatic rings. The number of hydrogen-bond donors (Lipinski definition) is 2. The van der Waals surface area contributed by atoms with Crippen molar-refractivity contribution in [2.45, 2.75) is 18.6 Å². The summed E-state index contributed by atoms with van der Waals surface area (Å²) < 4.78 is 5.34. The first-order valence-electron chi connectivity index (χ1n) is 8.60. The fourth-order valence-electron chi connectivity index (χ4n) is 2.98. The second-order valence-corrected chi connectivity index (χ2v) is 6.24. The number of aliphatic hydroxyl groups excluding tert-OH is 1. The first-order chi connectivity index (χ1) is 13.2. The van der Waals surface area contributed by atoms with Crippen LogP contribution in [0.3, 0.4) is 0 Å². The Bertz CT molecular complexity index is 902. The summed E-state index contributed by atoms with van der Waals surface area (Å²) in [4.78, 5) is 26.2. The van der Waals surface area contributed by atoms with E-state index in [0.29, 0.717) is 24.8 Å². The third-order valence-corrected chi connectivity index (χ3v) is 4.41. The molecule has 1 saturated heterocycles. The zero-order chi connectivity index (χ0) is 18.6. The molecule has 9 heteroatoms. The van der Waals surface area contributed by atoms with E-state index in [1.807, 2.05) is 35.2 Å². The van der Waals surface area contributed by atoms with E-state index in [1.54, 1.807) is 0 Å². The van der Waals surface area contributed by atoms with Gasteiger partial charge in [0.15, 0.2) is 0 Å². The normalized spacial score (nSPS) is 19.7. The molecule has 1 fully saturated rings. The number of carbonyl (C=O) groups excluding carboxylic acids is 1. The van der Waals surface area contributed by atoms with E-state index in [1.165, 1.54) is 18.6 Å². The fourth-order valence-corrected chi connectivity index (χ4v) is 2.98. The number of aromatic nitrogens is 4. The molecular formula is C18H18N6O3. The largest absolute Gasteiger partial charge is 0.389 e. The molecule has 2 aromatic heterocycles. The fraction of sp³-hybridized carbons (Fsp3) is 0.278. The number of hydrogen-bond acceptors (Lipinski definition) is 8. The highest BCUT2D eigenvalue weighted by Gasteiger charge is 2.31. The highest BCUT2D eigenvalue weighted by molar-refractivity contribution is 5.92. The minimum Gasteiger partial charge on any atom is -0.389 e. The Labute approximate surface area is 155 Å². The van der Waals surface area contributed by atoms with E-state index in [9.17, 15) is 9.90 Å². The zero-order valence-corrected chi connectivity index (χ0v) is 14.4. The number of anilines is 1. The van der Waals surface area contributed by atoms with E-state index in [4.69, 9.17) is 4.52 Å². The van der Waals surface area contributed by atoms with Gasteiger partial charge in [-0.2, -0.15) is 4.98 Å².